The van der Waals surface area contributed by atoms with Gasteiger partial charge in [0, 0.05) is 42.2 Å². The van der Waals surface area contributed by atoms with Crippen molar-refractivity contribution in [3.63, 3.8) is 0 Å². The average Bonchev–Trinajstić information content (AvgIpc) is 3.68. The quantitative estimate of drug-likeness (QED) is 0.156. The molecule has 0 radical (unpaired) electrons. The predicted molar refractivity (Wildman–Crippen MR) is 209 cm³/mol. The predicted octanol–water partition coefficient (Wildman–Crippen LogP) is 5.94. The smallest absolute Gasteiger partial charge is 0.338 e. The molecular formula is C43H48N2O11. The van der Waals surface area contributed by atoms with Gasteiger partial charge in [-0.05, 0) is 84.5 Å². The third kappa shape index (κ3) is 6.69. The van der Waals surface area contributed by atoms with Crippen LogP contribution in [-0.4, -0.2) is 92.7 Å². The van der Waals surface area contributed by atoms with Crippen LogP contribution in [0.4, 0.5) is 0 Å². The molecule has 7 rings (SSSR count). The number of hydrogen-bond donors (Lipinski definition) is 2. The standard InChI is InChI=1S/C43H48N2O11/c1-45-14-12-27-30(21-36(50-4)42(54-8)41(27)53-7)31(45)16-25-10-9-24(39(51-5)40(25)52-6)15-26-18-34-35(56-22-55-34)19-28(26)37(43(46)47)38-29-20-33(49-3)32(48-2)17-23(29)11-13-44-38/h9-10,17-21,31,44H,11-16,22H2,1-8H3,(H,46,47)/b38-37+. The average molecular weight is 769 g/mol. The lowest BCUT2D eigenvalue weighted by Gasteiger charge is -2.36. The van der Waals surface area contributed by atoms with E-state index < -0.39 is 5.97 Å². The van der Waals surface area contributed by atoms with Crippen LogP contribution in [-0.2, 0) is 30.5 Å². The van der Waals surface area contributed by atoms with Gasteiger partial charge in [0.05, 0.1) is 61.0 Å². The number of hydrogen-bond acceptors (Lipinski definition) is 12. The molecule has 3 aliphatic heterocycles. The Morgan fingerprint density at radius 1 is 0.750 bits per heavy atom. The second-order valence-corrected chi connectivity index (χ2v) is 13.7. The molecule has 0 saturated heterocycles. The van der Waals surface area contributed by atoms with E-state index in [1.54, 1.807) is 55.8 Å². The molecule has 0 bridgehead atoms. The molecule has 4 aromatic rings. The summed E-state index contributed by atoms with van der Waals surface area (Å²) in [6.45, 7) is 1.38. The van der Waals surface area contributed by atoms with Gasteiger partial charge in [-0.3, -0.25) is 4.90 Å². The van der Waals surface area contributed by atoms with Crippen molar-refractivity contribution in [2.24, 2.45) is 0 Å². The van der Waals surface area contributed by atoms with E-state index in [2.05, 4.69) is 23.3 Å². The van der Waals surface area contributed by atoms with E-state index in [4.69, 9.17) is 42.6 Å². The summed E-state index contributed by atoms with van der Waals surface area (Å²) >= 11 is 0. The fourth-order valence-electron chi connectivity index (χ4n) is 8.26. The van der Waals surface area contributed by atoms with Gasteiger partial charge in [-0.15, -0.1) is 0 Å². The third-order valence-electron chi connectivity index (χ3n) is 11.0. The number of benzene rings is 4. The molecule has 0 saturated carbocycles. The highest BCUT2D eigenvalue weighted by atomic mass is 16.7. The van der Waals surface area contributed by atoms with E-state index in [1.807, 2.05) is 30.3 Å². The Balaban J connectivity index is 1.32. The fourth-order valence-corrected chi connectivity index (χ4v) is 8.26. The highest BCUT2D eigenvalue weighted by Gasteiger charge is 2.33. The number of methoxy groups -OCH3 is 7. The van der Waals surface area contributed by atoms with E-state index in [0.29, 0.717) is 94.4 Å². The molecule has 1 atom stereocenters. The molecule has 0 amide bonds. The molecule has 0 aliphatic carbocycles. The lowest BCUT2D eigenvalue weighted by molar-refractivity contribution is -0.130. The van der Waals surface area contributed by atoms with Crippen LogP contribution in [0.15, 0.2) is 42.5 Å². The monoisotopic (exact) mass is 768 g/mol. The van der Waals surface area contributed by atoms with Crippen LogP contribution in [0.5, 0.6) is 51.7 Å². The zero-order chi connectivity index (χ0) is 39.7. The number of aliphatic carboxylic acids is 1. The SMILES string of the molecule is COc1cc2c(cc1OC)/C(=C(\C(=O)O)c1cc3c(cc1Cc1ccc(CC4c5cc(OC)c(OC)c(OC)c5CCN4C)c(OC)c1OC)OCO3)NCC2. The van der Waals surface area contributed by atoms with Gasteiger partial charge in [-0.2, -0.15) is 0 Å². The molecule has 3 aliphatic rings. The topological polar surface area (TPSA) is 136 Å². The molecule has 296 valence electrons. The second-order valence-electron chi connectivity index (χ2n) is 13.7. The van der Waals surface area contributed by atoms with Gasteiger partial charge in [0.2, 0.25) is 12.5 Å². The summed E-state index contributed by atoms with van der Waals surface area (Å²) in [6.07, 6.45) is 2.38. The highest BCUT2D eigenvalue weighted by Crippen LogP contribution is 2.49. The van der Waals surface area contributed by atoms with Crippen LogP contribution in [0.25, 0.3) is 11.3 Å². The zero-order valence-electron chi connectivity index (χ0n) is 33.0. The van der Waals surface area contributed by atoms with Crippen LogP contribution in [0.1, 0.15) is 50.5 Å². The molecule has 2 N–H and O–H groups in total. The molecule has 1 unspecified atom stereocenters. The van der Waals surface area contributed by atoms with Gasteiger partial charge < -0.3 is 53.1 Å². The van der Waals surface area contributed by atoms with Gasteiger partial charge in [0.25, 0.3) is 0 Å². The Hall–Kier alpha value is -5.95. The molecule has 0 aromatic heterocycles. The molecule has 56 heavy (non-hydrogen) atoms. The maximum absolute atomic E-state index is 13.4. The summed E-state index contributed by atoms with van der Waals surface area (Å²) in [6, 6.07) is 13.4. The van der Waals surface area contributed by atoms with E-state index in [-0.39, 0.29) is 18.4 Å². The van der Waals surface area contributed by atoms with Gasteiger partial charge in [0.15, 0.2) is 46.0 Å². The Labute approximate surface area is 326 Å². The number of fused-ring (bicyclic) bond motifs is 3. The second kappa shape index (κ2) is 16.0. The molecular weight excluding hydrogens is 720 g/mol. The number of carbonyl (C=O) groups is 1. The summed E-state index contributed by atoms with van der Waals surface area (Å²) in [4.78, 5) is 15.7. The first kappa shape index (κ1) is 38.3. The van der Waals surface area contributed by atoms with Crippen molar-refractivity contribution in [2.45, 2.75) is 31.7 Å². The van der Waals surface area contributed by atoms with E-state index in [9.17, 15) is 9.90 Å². The van der Waals surface area contributed by atoms with Crippen LogP contribution in [0.2, 0.25) is 0 Å². The van der Waals surface area contributed by atoms with Crippen LogP contribution in [0.3, 0.4) is 0 Å². The summed E-state index contributed by atoms with van der Waals surface area (Å²) < 4.78 is 52.3. The highest BCUT2D eigenvalue weighted by molar-refractivity contribution is 6.24. The molecule has 3 heterocycles. The minimum atomic E-state index is -1.10. The van der Waals surface area contributed by atoms with Crippen molar-refractivity contribution < 1.29 is 52.5 Å². The maximum atomic E-state index is 13.4. The van der Waals surface area contributed by atoms with Gasteiger partial charge in [-0.25, -0.2) is 4.79 Å². The number of carboxylic acids is 1. The van der Waals surface area contributed by atoms with Crippen molar-refractivity contribution in [1.29, 1.82) is 0 Å². The summed E-state index contributed by atoms with van der Waals surface area (Å²) in [7, 11) is 13.4. The Morgan fingerprint density at radius 3 is 2.05 bits per heavy atom. The van der Waals surface area contributed by atoms with Gasteiger partial charge in [-0.1, -0.05) is 12.1 Å². The van der Waals surface area contributed by atoms with Gasteiger partial charge >= 0.3 is 5.97 Å². The van der Waals surface area contributed by atoms with Crippen molar-refractivity contribution >= 4 is 17.2 Å². The first-order valence-electron chi connectivity index (χ1n) is 18.3. The van der Waals surface area contributed by atoms with E-state index in [0.717, 1.165) is 46.3 Å². The molecule has 0 fully saturated rings. The largest absolute Gasteiger partial charge is 0.493 e. The summed E-state index contributed by atoms with van der Waals surface area (Å²) in [5.74, 6) is 4.00. The molecule has 13 heteroatoms. The molecule has 0 spiro atoms. The van der Waals surface area contributed by atoms with Crippen molar-refractivity contribution in [3.05, 3.63) is 87.0 Å². The van der Waals surface area contributed by atoms with Crippen molar-refractivity contribution in [2.75, 3.05) is 76.7 Å². The van der Waals surface area contributed by atoms with E-state index >= 15 is 0 Å². The first-order chi connectivity index (χ1) is 27.2. The number of likely N-dealkylation sites (N-methyl/N-ethyl adjacent to an activating group) is 1. The first-order valence-corrected chi connectivity index (χ1v) is 18.3. The molecule has 13 nitrogen and oxygen atoms in total. The zero-order valence-corrected chi connectivity index (χ0v) is 33.0. The normalized spacial score (nSPS) is 16.5. The van der Waals surface area contributed by atoms with Crippen molar-refractivity contribution in [1.82, 2.24) is 10.2 Å². The minimum absolute atomic E-state index is 0.0321. The minimum Gasteiger partial charge on any atom is -0.493 e. The summed E-state index contributed by atoms with van der Waals surface area (Å²) in [5.41, 5.74) is 7.34. The Bertz CT molecular complexity index is 2200. The number of nitrogens with zero attached hydrogens (tertiary/aromatic N) is 1. The lowest BCUT2D eigenvalue weighted by Crippen LogP contribution is -2.34. The maximum Gasteiger partial charge on any atom is 0.338 e. The van der Waals surface area contributed by atoms with Gasteiger partial charge in [0.1, 0.15) is 0 Å². The Kier molecular flexibility index (Phi) is 11.0. The number of ether oxygens (including phenoxy) is 9. The summed E-state index contributed by atoms with van der Waals surface area (Å²) in [5, 5.41) is 14.3. The third-order valence-corrected chi connectivity index (χ3v) is 11.0. The van der Waals surface area contributed by atoms with Crippen LogP contribution >= 0.6 is 0 Å². The van der Waals surface area contributed by atoms with E-state index in [1.165, 1.54) is 0 Å². The van der Waals surface area contributed by atoms with Crippen LogP contribution in [0, 0.1) is 0 Å². The molecule has 4 aromatic carbocycles. The number of nitrogens with one attached hydrogen (secondary N) is 1. The number of carboxylic acid groups (broad SMARTS) is 1. The van der Waals surface area contributed by atoms with Crippen LogP contribution < -0.4 is 47.9 Å². The fraction of sp³-hybridized carbons (Fsp3) is 0.372. The number of rotatable bonds is 13. The van der Waals surface area contributed by atoms with Crippen molar-refractivity contribution in [3.8, 4) is 51.7 Å². The lowest BCUT2D eigenvalue weighted by atomic mass is 9.86. The Morgan fingerprint density at radius 2 is 1.39 bits per heavy atom.